The molecule has 0 radical (unpaired) electrons. The molecule has 1 spiro atoms. The van der Waals surface area contributed by atoms with Gasteiger partial charge in [0.25, 0.3) is 5.91 Å². The standard InChI is InChI=1S/C19H27NO5/c1-14-17(5-8-24-14)18(21)20-12-19(13-20)16(4-9-25-19)11-23-10-15-2-6-22-7-3-15/h5,8,15-16H,2-4,6-7,9-13H2,1H3/t16-/m1/s1. The number of nitrogens with zero attached hydrogens (tertiary/aromatic N) is 1. The number of amides is 1. The zero-order chi connectivity index (χ0) is 17.3. The predicted octanol–water partition coefficient (Wildman–Crippen LogP) is 2.26. The van der Waals surface area contributed by atoms with E-state index in [4.69, 9.17) is 18.6 Å². The number of carbonyl (C=O) groups is 1. The average molecular weight is 349 g/mol. The number of hydrogen-bond acceptors (Lipinski definition) is 5. The molecular formula is C19H27NO5. The molecule has 0 unspecified atom stereocenters. The lowest BCUT2D eigenvalue weighted by atomic mass is 9.81. The van der Waals surface area contributed by atoms with Gasteiger partial charge < -0.3 is 23.5 Å². The second-order valence-electron chi connectivity index (χ2n) is 7.54. The quantitative estimate of drug-likeness (QED) is 0.816. The Labute approximate surface area is 148 Å². The summed E-state index contributed by atoms with van der Waals surface area (Å²) in [5.74, 6) is 1.71. The van der Waals surface area contributed by atoms with Gasteiger partial charge >= 0.3 is 0 Å². The molecule has 3 fully saturated rings. The van der Waals surface area contributed by atoms with Crippen LogP contribution in [0, 0.1) is 18.8 Å². The largest absolute Gasteiger partial charge is 0.469 e. The van der Waals surface area contributed by atoms with E-state index in [1.807, 2.05) is 11.8 Å². The van der Waals surface area contributed by atoms with Crippen molar-refractivity contribution >= 4 is 5.91 Å². The minimum absolute atomic E-state index is 0.0363. The predicted molar refractivity (Wildman–Crippen MR) is 90.5 cm³/mol. The van der Waals surface area contributed by atoms with E-state index in [0.29, 0.717) is 36.2 Å². The number of aryl methyl sites for hydroxylation is 1. The van der Waals surface area contributed by atoms with Crippen LogP contribution in [0.25, 0.3) is 0 Å². The lowest BCUT2D eigenvalue weighted by molar-refractivity contribution is -0.130. The first kappa shape index (κ1) is 17.1. The van der Waals surface area contributed by atoms with Crippen molar-refractivity contribution in [3.05, 3.63) is 23.7 Å². The molecule has 1 aromatic rings. The molecule has 6 nitrogen and oxygen atoms in total. The molecule has 25 heavy (non-hydrogen) atoms. The van der Waals surface area contributed by atoms with E-state index in [-0.39, 0.29) is 11.5 Å². The molecule has 138 valence electrons. The third-order valence-corrected chi connectivity index (χ3v) is 5.91. The fraction of sp³-hybridized carbons (Fsp3) is 0.737. The van der Waals surface area contributed by atoms with Gasteiger partial charge in [0.05, 0.1) is 31.5 Å². The lowest BCUT2D eigenvalue weighted by Gasteiger charge is -2.50. The van der Waals surface area contributed by atoms with E-state index in [9.17, 15) is 4.79 Å². The second kappa shape index (κ2) is 7.09. The van der Waals surface area contributed by atoms with E-state index in [0.717, 1.165) is 52.3 Å². The van der Waals surface area contributed by atoms with Crippen molar-refractivity contribution < 1.29 is 23.4 Å². The summed E-state index contributed by atoms with van der Waals surface area (Å²) in [4.78, 5) is 14.4. The van der Waals surface area contributed by atoms with Crippen LogP contribution in [-0.2, 0) is 14.2 Å². The van der Waals surface area contributed by atoms with Crippen LogP contribution in [0.1, 0.15) is 35.4 Å². The van der Waals surface area contributed by atoms with Crippen LogP contribution in [0.3, 0.4) is 0 Å². The third kappa shape index (κ3) is 3.35. The maximum Gasteiger partial charge on any atom is 0.257 e. The normalized spacial score (nSPS) is 26.1. The number of ether oxygens (including phenoxy) is 3. The minimum atomic E-state index is -0.205. The Morgan fingerprint density at radius 3 is 2.76 bits per heavy atom. The van der Waals surface area contributed by atoms with Gasteiger partial charge in [-0.25, -0.2) is 0 Å². The highest BCUT2D eigenvalue weighted by molar-refractivity contribution is 5.95. The van der Waals surface area contributed by atoms with Crippen LogP contribution in [0.5, 0.6) is 0 Å². The summed E-state index contributed by atoms with van der Waals surface area (Å²) < 4.78 is 22.7. The molecule has 1 atom stereocenters. The molecule has 3 aliphatic rings. The summed E-state index contributed by atoms with van der Waals surface area (Å²) in [6.07, 6.45) is 4.77. The summed E-state index contributed by atoms with van der Waals surface area (Å²) in [6.45, 7) is 7.14. The minimum Gasteiger partial charge on any atom is -0.469 e. The highest BCUT2D eigenvalue weighted by Crippen LogP contribution is 2.41. The fourth-order valence-corrected chi connectivity index (χ4v) is 4.18. The number of carbonyl (C=O) groups excluding carboxylic acids is 1. The van der Waals surface area contributed by atoms with E-state index >= 15 is 0 Å². The summed E-state index contributed by atoms with van der Waals surface area (Å²) >= 11 is 0. The number of furan rings is 1. The van der Waals surface area contributed by atoms with Crippen molar-refractivity contribution in [1.29, 1.82) is 0 Å². The van der Waals surface area contributed by atoms with Gasteiger partial charge in [0, 0.05) is 32.3 Å². The van der Waals surface area contributed by atoms with Gasteiger partial charge in [-0.15, -0.1) is 0 Å². The summed E-state index contributed by atoms with van der Waals surface area (Å²) in [7, 11) is 0. The maximum absolute atomic E-state index is 12.5. The van der Waals surface area contributed by atoms with Crippen molar-refractivity contribution in [2.24, 2.45) is 11.8 Å². The van der Waals surface area contributed by atoms with Crippen LogP contribution >= 0.6 is 0 Å². The van der Waals surface area contributed by atoms with Crippen LogP contribution in [-0.4, -0.2) is 62.5 Å². The van der Waals surface area contributed by atoms with Gasteiger partial charge in [-0.3, -0.25) is 4.79 Å². The molecule has 6 heteroatoms. The molecule has 3 saturated heterocycles. The Kier molecular flexibility index (Phi) is 4.84. The average Bonchev–Trinajstić information content (AvgIpc) is 3.20. The lowest BCUT2D eigenvalue weighted by Crippen LogP contribution is -2.66. The molecular weight excluding hydrogens is 322 g/mol. The van der Waals surface area contributed by atoms with Gasteiger partial charge in [0.15, 0.2) is 0 Å². The number of rotatable bonds is 5. The molecule has 1 aromatic heterocycles. The molecule has 0 aliphatic carbocycles. The molecule has 0 saturated carbocycles. The monoisotopic (exact) mass is 349 g/mol. The first-order valence-corrected chi connectivity index (χ1v) is 9.31. The van der Waals surface area contributed by atoms with Gasteiger partial charge in [-0.1, -0.05) is 0 Å². The van der Waals surface area contributed by atoms with Gasteiger partial charge in [-0.2, -0.15) is 0 Å². The van der Waals surface area contributed by atoms with Crippen LogP contribution in [0.4, 0.5) is 0 Å². The van der Waals surface area contributed by atoms with Gasteiger partial charge in [-0.05, 0) is 38.2 Å². The molecule has 1 amide bonds. The second-order valence-corrected chi connectivity index (χ2v) is 7.54. The molecule has 4 rings (SSSR count). The zero-order valence-corrected chi connectivity index (χ0v) is 14.9. The topological polar surface area (TPSA) is 61.1 Å². The van der Waals surface area contributed by atoms with E-state index in [2.05, 4.69) is 0 Å². The zero-order valence-electron chi connectivity index (χ0n) is 14.9. The third-order valence-electron chi connectivity index (χ3n) is 5.91. The highest BCUT2D eigenvalue weighted by Gasteiger charge is 2.54. The van der Waals surface area contributed by atoms with Crippen molar-refractivity contribution in [1.82, 2.24) is 4.90 Å². The molecule has 0 N–H and O–H groups in total. The van der Waals surface area contributed by atoms with Crippen molar-refractivity contribution in [3.63, 3.8) is 0 Å². The molecule has 0 bridgehead atoms. The van der Waals surface area contributed by atoms with Crippen LogP contribution < -0.4 is 0 Å². The first-order valence-electron chi connectivity index (χ1n) is 9.31. The Morgan fingerprint density at radius 2 is 2.04 bits per heavy atom. The van der Waals surface area contributed by atoms with E-state index in [1.54, 1.807) is 12.3 Å². The fourth-order valence-electron chi connectivity index (χ4n) is 4.18. The van der Waals surface area contributed by atoms with Crippen LogP contribution in [0.15, 0.2) is 16.7 Å². The summed E-state index contributed by atoms with van der Waals surface area (Å²) in [6, 6.07) is 1.74. The van der Waals surface area contributed by atoms with Crippen molar-refractivity contribution in [2.75, 3.05) is 46.1 Å². The first-order chi connectivity index (χ1) is 12.2. The highest BCUT2D eigenvalue weighted by atomic mass is 16.5. The Balaban J connectivity index is 1.27. The van der Waals surface area contributed by atoms with Gasteiger partial charge in [0.1, 0.15) is 11.4 Å². The van der Waals surface area contributed by atoms with Crippen molar-refractivity contribution in [3.8, 4) is 0 Å². The van der Waals surface area contributed by atoms with E-state index in [1.165, 1.54) is 0 Å². The van der Waals surface area contributed by atoms with Crippen molar-refractivity contribution in [2.45, 2.75) is 31.8 Å². The smallest absolute Gasteiger partial charge is 0.257 e. The summed E-state index contributed by atoms with van der Waals surface area (Å²) in [5.41, 5.74) is 0.448. The molecule has 4 heterocycles. The summed E-state index contributed by atoms with van der Waals surface area (Å²) in [5, 5.41) is 0. The van der Waals surface area contributed by atoms with Crippen LogP contribution in [0.2, 0.25) is 0 Å². The Hall–Kier alpha value is -1.37. The molecule has 0 aromatic carbocycles. The van der Waals surface area contributed by atoms with E-state index < -0.39 is 0 Å². The Morgan fingerprint density at radius 1 is 1.24 bits per heavy atom. The number of hydrogen-bond donors (Lipinski definition) is 0. The number of likely N-dealkylation sites (tertiary alicyclic amines) is 1. The molecule has 3 aliphatic heterocycles. The maximum atomic E-state index is 12.5. The Bertz CT molecular complexity index is 601. The SMILES string of the molecule is Cc1occc1C(=O)N1CC2(C1)OCC[C@@H]2COCC1CCOCC1. The van der Waals surface area contributed by atoms with Gasteiger partial charge in [0.2, 0.25) is 0 Å².